The Morgan fingerprint density at radius 2 is 1.82 bits per heavy atom. The van der Waals surface area contributed by atoms with E-state index in [9.17, 15) is 14.4 Å². The highest BCUT2D eigenvalue weighted by molar-refractivity contribution is 6.00. The van der Waals surface area contributed by atoms with Crippen LogP contribution in [0.15, 0.2) is 12.2 Å². The Morgan fingerprint density at radius 3 is 2.23 bits per heavy atom. The summed E-state index contributed by atoms with van der Waals surface area (Å²) in [5.74, 6) is 4.55. The van der Waals surface area contributed by atoms with Gasteiger partial charge in [-0.3, -0.25) is 14.4 Å². The molecule has 1 saturated carbocycles. The molecule has 0 amide bonds. The fraction of sp³-hybridized carbons (Fsp3) is 0.588. The number of carbonyl (C=O) groups excluding carboxylic acids is 3. The van der Waals surface area contributed by atoms with Crippen LogP contribution >= 0.6 is 0 Å². The second-order valence-corrected chi connectivity index (χ2v) is 5.42. The molecule has 120 valence electrons. The van der Waals surface area contributed by atoms with Gasteiger partial charge in [-0.05, 0) is 32.6 Å². The predicted molar refractivity (Wildman–Crippen MR) is 80.6 cm³/mol. The van der Waals surface area contributed by atoms with E-state index in [0.29, 0.717) is 0 Å². The van der Waals surface area contributed by atoms with Gasteiger partial charge in [-0.25, -0.2) is 0 Å². The first-order valence-electron chi connectivity index (χ1n) is 7.16. The SMILES string of the molecule is CC#CCC(C/C=C/[C@@H]1C[C@@H]1C(C)=O)(C(=O)OC)C(=O)OC. The third-order valence-corrected chi connectivity index (χ3v) is 3.93. The Hall–Kier alpha value is -2.09. The zero-order valence-corrected chi connectivity index (χ0v) is 13.5. The van der Waals surface area contributed by atoms with Crippen LogP contribution < -0.4 is 0 Å². The maximum absolute atomic E-state index is 12.1. The van der Waals surface area contributed by atoms with E-state index in [0.717, 1.165) is 6.42 Å². The van der Waals surface area contributed by atoms with Crippen molar-refractivity contribution in [3.63, 3.8) is 0 Å². The molecule has 1 aliphatic carbocycles. The van der Waals surface area contributed by atoms with E-state index in [1.807, 2.05) is 6.08 Å². The molecule has 22 heavy (non-hydrogen) atoms. The van der Waals surface area contributed by atoms with Gasteiger partial charge in [0.1, 0.15) is 5.78 Å². The number of allylic oxidation sites excluding steroid dienone is 2. The fourth-order valence-corrected chi connectivity index (χ4v) is 2.44. The number of ketones is 1. The molecule has 5 nitrogen and oxygen atoms in total. The lowest BCUT2D eigenvalue weighted by atomic mass is 9.81. The summed E-state index contributed by atoms with van der Waals surface area (Å²) in [6.07, 6.45) is 4.63. The second kappa shape index (κ2) is 7.79. The molecule has 0 aromatic heterocycles. The molecule has 0 aromatic rings. The average Bonchev–Trinajstić information content (AvgIpc) is 3.29. The molecule has 0 saturated heterocycles. The Kier molecular flexibility index (Phi) is 6.36. The van der Waals surface area contributed by atoms with Gasteiger partial charge in [0, 0.05) is 12.3 Å². The normalized spacial score (nSPS) is 20.0. The number of methoxy groups -OCH3 is 2. The van der Waals surface area contributed by atoms with E-state index >= 15 is 0 Å². The highest BCUT2D eigenvalue weighted by Gasteiger charge is 2.47. The highest BCUT2D eigenvalue weighted by Crippen LogP contribution is 2.41. The average molecular weight is 306 g/mol. The van der Waals surface area contributed by atoms with Crippen LogP contribution in [0.4, 0.5) is 0 Å². The van der Waals surface area contributed by atoms with Crippen molar-refractivity contribution in [3.8, 4) is 11.8 Å². The summed E-state index contributed by atoms with van der Waals surface area (Å²) in [5.41, 5.74) is -1.45. The number of carbonyl (C=O) groups is 3. The number of Topliss-reactive ketones (excluding diaryl/α,β-unsaturated/α-hetero) is 1. The quantitative estimate of drug-likeness (QED) is 0.311. The smallest absolute Gasteiger partial charge is 0.324 e. The van der Waals surface area contributed by atoms with Crippen molar-refractivity contribution in [3.05, 3.63) is 12.2 Å². The molecule has 0 bridgehead atoms. The van der Waals surface area contributed by atoms with E-state index in [1.54, 1.807) is 19.9 Å². The zero-order valence-electron chi connectivity index (χ0n) is 13.5. The summed E-state index contributed by atoms with van der Waals surface area (Å²) in [6.45, 7) is 3.21. The fourth-order valence-electron chi connectivity index (χ4n) is 2.44. The topological polar surface area (TPSA) is 69.7 Å². The lowest BCUT2D eigenvalue weighted by Crippen LogP contribution is -2.40. The lowest BCUT2D eigenvalue weighted by molar-refractivity contribution is -0.168. The molecule has 5 heteroatoms. The molecule has 0 aliphatic heterocycles. The molecule has 0 spiro atoms. The molecule has 0 N–H and O–H groups in total. The van der Waals surface area contributed by atoms with Crippen LogP contribution in [0, 0.1) is 29.1 Å². The third kappa shape index (κ3) is 3.97. The van der Waals surface area contributed by atoms with Crippen LogP contribution in [0.3, 0.4) is 0 Å². The van der Waals surface area contributed by atoms with E-state index in [2.05, 4.69) is 11.8 Å². The number of esters is 2. The van der Waals surface area contributed by atoms with Gasteiger partial charge in [0.05, 0.1) is 14.2 Å². The molecule has 0 radical (unpaired) electrons. The minimum atomic E-state index is -1.45. The van der Waals surface area contributed by atoms with Crippen LogP contribution in [0.2, 0.25) is 0 Å². The maximum Gasteiger partial charge on any atom is 0.324 e. The van der Waals surface area contributed by atoms with Crippen LogP contribution in [0.1, 0.15) is 33.1 Å². The lowest BCUT2D eigenvalue weighted by Gasteiger charge is -2.24. The van der Waals surface area contributed by atoms with E-state index < -0.39 is 17.4 Å². The molecular formula is C17H22O5. The van der Waals surface area contributed by atoms with Crippen molar-refractivity contribution in [1.29, 1.82) is 0 Å². The van der Waals surface area contributed by atoms with Crippen molar-refractivity contribution in [2.45, 2.75) is 33.1 Å². The molecule has 1 fully saturated rings. The Labute approximate surface area is 131 Å². The molecule has 1 aliphatic rings. The Balaban J connectivity index is 2.90. The van der Waals surface area contributed by atoms with E-state index in [-0.39, 0.29) is 30.5 Å². The van der Waals surface area contributed by atoms with Crippen molar-refractivity contribution >= 4 is 17.7 Å². The molecule has 0 unspecified atom stereocenters. The minimum absolute atomic E-state index is 0.0357. The molecular weight excluding hydrogens is 284 g/mol. The Morgan fingerprint density at radius 1 is 1.23 bits per heavy atom. The maximum atomic E-state index is 12.1. The zero-order chi connectivity index (χ0) is 16.8. The van der Waals surface area contributed by atoms with E-state index in [1.165, 1.54) is 14.2 Å². The third-order valence-electron chi connectivity index (χ3n) is 3.93. The summed E-state index contributed by atoms with van der Waals surface area (Å²) >= 11 is 0. The van der Waals surface area contributed by atoms with Gasteiger partial charge in [-0.15, -0.1) is 11.8 Å². The van der Waals surface area contributed by atoms with Crippen LogP contribution in [-0.4, -0.2) is 31.9 Å². The number of hydrogen-bond donors (Lipinski definition) is 0. The highest BCUT2D eigenvalue weighted by atomic mass is 16.5. The largest absolute Gasteiger partial charge is 0.468 e. The molecule has 1 rings (SSSR count). The predicted octanol–water partition coefficient (Wildman–Crippen LogP) is 1.90. The minimum Gasteiger partial charge on any atom is -0.468 e. The van der Waals surface area contributed by atoms with Crippen LogP contribution in [-0.2, 0) is 23.9 Å². The summed E-state index contributed by atoms with van der Waals surface area (Å²) in [6, 6.07) is 0. The summed E-state index contributed by atoms with van der Waals surface area (Å²) in [4.78, 5) is 35.5. The van der Waals surface area contributed by atoms with Gasteiger partial charge >= 0.3 is 11.9 Å². The Bertz CT molecular complexity index is 519. The number of ether oxygens (including phenoxy) is 2. The molecule has 2 atom stereocenters. The van der Waals surface area contributed by atoms with Gasteiger partial charge in [-0.2, -0.15) is 0 Å². The van der Waals surface area contributed by atoms with Crippen LogP contribution in [0.25, 0.3) is 0 Å². The van der Waals surface area contributed by atoms with Crippen molar-refractivity contribution in [1.82, 2.24) is 0 Å². The van der Waals surface area contributed by atoms with Crippen LogP contribution in [0.5, 0.6) is 0 Å². The second-order valence-electron chi connectivity index (χ2n) is 5.42. The van der Waals surface area contributed by atoms with Gasteiger partial charge in [0.25, 0.3) is 0 Å². The summed E-state index contributed by atoms with van der Waals surface area (Å²) in [7, 11) is 2.46. The molecule has 0 heterocycles. The van der Waals surface area contributed by atoms with Crippen molar-refractivity contribution in [2.75, 3.05) is 14.2 Å². The first-order valence-corrected chi connectivity index (χ1v) is 7.16. The molecule has 0 aromatic carbocycles. The summed E-state index contributed by atoms with van der Waals surface area (Å²) in [5, 5.41) is 0. The summed E-state index contributed by atoms with van der Waals surface area (Å²) < 4.78 is 9.55. The van der Waals surface area contributed by atoms with E-state index in [4.69, 9.17) is 9.47 Å². The number of rotatable bonds is 7. The first kappa shape index (κ1) is 18.0. The van der Waals surface area contributed by atoms with Gasteiger partial charge in [-0.1, -0.05) is 12.2 Å². The van der Waals surface area contributed by atoms with Gasteiger partial charge in [0.15, 0.2) is 5.41 Å². The first-order chi connectivity index (χ1) is 10.4. The van der Waals surface area contributed by atoms with Gasteiger partial charge in [0.2, 0.25) is 0 Å². The van der Waals surface area contributed by atoms with Crippen molar-refractivity contribution in [2.24, 2.45) is 17.3 Å². The van der Waals surface area contributed by atoms with Crippen molar-refractivity contribution < 1.29 is 23.9 Å². The standard InChI is InChI=1S/C17H22O5/c1-5-6-9-17(15(19)21-3,16(20)22-4)10-7-8-13-11-14(13)12(2)18/h7-8,13-14H,9-11H2,1-4H3/b8-7+/t13-,14-/m1/s1. The number of hydrogen-bond acceptors (Lipinski definition) is 5. The van der Waals surface area contributed by atoms with Gasteiger partial charge < -0.3 is 9.47 Å². The monoisotopic (exact) mass is 306 g/mol.